The normalized spacial score (nSPS) is 11.0. The van der Waals surface area contributed by atoms with Crippen LogP contribution in [0.25, 0.3) is 11.0 Å². The number of nitrogens with two attached hydrogens (primary N) is 1. The maximum atomic E-state index is 6.03. The highest BCUT2D eigenvalue weighted by molar-refractivity contribution is 9.10. The van der Waals surface area contributed by atoms with Crippen LogP contribution in [0.2, 0.25) is 0 Å². The molecule has 3 rings (SSSR count). The standard InChI is InChI=1S/C16H16BrN3O/c1-21-13-5-2-11(3-6-13)8-9-20-15-7-4-12(17)10-14(15)19-16(20)18/h2-7,10H,8-9H2,1H3,(H2,18,19). The van der Waals surface area contributed by atoms with Crippen molar-refractivity contribution in [2.75, 3.05) is 12.8 Å². The fourth-order valence-electron chi connectivity index (χ4n) is 2.39. The summed E-state index contributed by atoms with van der Waals surface area (Å²) in [6.07, 6.45) is 0.899. The molecular weight excluding hydrogens is 330 g/mol. The molecule has 21 heavy (non-hydrogen) atoms. The Labute approximate surface area is 131 Å². The molecule has 4 nitrogen and oxygen atoms in total. The number of fused-ring (bicyclic) bond motifs is 1. The molecule has 2 N–H and O–H groups in total. The van der Waals surface area contributed by atoms with Crippen molar-refractivity contribution >= 4 is 32.9 Å². The van der Waals surface area contributed by atoms with Gasteiger partial charge in [0, 0.05) is 11.0 Å². The van der Waals surface area contributed by atoms with Gasteiger partial charge in [-0.05, 0) is 42.3 Å². The predicted molar refractivity (Wildman–Crippen MR) is 88.5 cm³/mol. The number of ether oxygens (including phenoxy) is 1. The fourth-order valence-corrected chi connectivity index (χ4v) is 2.74. The highest BCUT2D eigenvalue weighted by atomic mass is 79.9. The average Bonchev–Trinajstić information content (AvgIpc) is 2.80. The molecule has 3 aromatic rings. The molecule has 0 aliphatic heterocycles. The Bertz CT molecular complexity index is 765. The van der Waals surface area contributed by atoms with Crippen LogP contribution in [0.15, 0.2) is 46.9 Å². The van der Waals surface area contributed by atoms with Crippen LogP contribution in [0.3, 0.4) is 0 Å². The summed E-state index contributed by atoms with van der Waals surface area (Å²) in [5.41, 5.74) is 9.25. The van der Waals surface area contributed by atoms with Crippen molar-refractivity contribution < 1.29 is 4.74 Å². The van der Waals surface area contributed by atoms with Gasteiger partial charge in [0.25, 0.3) is 0 Å². The minimum absolute atomic E-state index is 0.552. The van der Waals surface area contributed by atoms with Gasteiger partial charge < -0.3 is 15.0 Å². The second-order valence-electron chi connectivity index (χ2n) is 4.85. The molecule has 0 fully saturated rings. The second-order valence-corrected chi connectivity index (χ2v) is 5.77. The van der Waals surface area contributed by atoms with Crippen molar-refractivity contribution in [3.63, 3.8) is 0 Å². The van der Waals surface area contributed by atoms with Crippen LogP contribution in [0.5, 0.6) is 5.75 Å². The lowest BCUT2D eigenvalue weighted by Gasteiger charge is -2.07. The highest BCUT2D eigenvalue weighted by Crippen LogP contribution is 2.22. The van der Waals surface area contributed by atoms with E-state index in [2.05, 4.69) is 33.0 Å². The number of rotatable bonds is 4. The van der Waals surface area contributed by atoms with Crippen molar-refractivity contribution in [3.05, 3.63) is 52.5 Å². The van der Waals surface area contributed by atoms with Gasteiger partial charge in [0.15, 0.2) is 0 Å². The topological polar surface area (TPSA) is 53.1 Å². The maximum absolute atomic E-state index is 6.03. The van der Waals surface area contributed by atoms with Gasteiger partial charge in [-0.3, -0.25) is 0 Å². The Morgan fingerprint density at radius 3 is 2.67 bits per heavy atom. The molecule has 1 heterocycles. The number of hydrogen-bond donors (Lipinski definition) is 1. The van der Waals surface area contributed by atoms with Gasteiger partial charge in [-0.25, -0.2) is 4.98 Å². The molecule has 0 saturated heterocycles. The summed E-state index contributed by atoms with van der Waals surface area (Å²) in [6.45, 7) is 0.802. The first kappa shape index (κ1) is 13.9. The first-order valence-electron chi connectivity index (χ1n) is 6.71. The van der Waals surface area contributed by atoms with E-state index in [-0.39, 0.29) is 0 Å². The largest absolute Gasteiger partial charge is 0.497 e. The van der Waals surface area contributed by atoms with Crippen LogP contribution >= 0.6 is 15.9 Å². The van der Waals surface area contributed by atoms with Gasteiger partial charge >= 0.3 is 0 Å². The highest BCUT2D eigenvalue weighted by Gasteiger charge is 2.08. The molecule has 0 aliphatic carbocycles. The summed E-state index contributed by atoms with van der Waals surface area (Å²) in [5.74, 6) is 1.42. The number of nitrogens with zero attached hydrogens (tertiary/aromatic N) is 2. The molecule has 2 aromatic carbocycles. The van der Waals surface area contributed by atoms with Crippen LogP contribution < -0.4 is 10.5 Å². The molecular formula is C16H16BrN3O. The van der Waals surface area contributed by atoms with Gasteiger partial charge in [0.1, 0.15) is 5.75 Å². The summed E-state index contributed by atoms with van der Waals surface area (Å²) >= 11 is 3.45. The minimum atomic E-state index is 0.552. The molecule has 0 radical (unpaired) electrons. The third-order valence-electron chi connectivity index (χ3n) is 3.52. The molecule has 1 aromatic heterocycles. The Hall–Kier alpha value is -2.01. The molecule has 5 heteroatoms. The van der Waals surface area contributed by atoms with Crippen LogP contribution in [0, 0.1) is 0 Å². The van der Waals surface area contributed by atoms with E-state index in [0.29, 0.717) is 5.95 Å². The van der Waals surface area contributed by atoms with E-state index in [1.807, 2.05) is 34.9 Å². The third kappa shape index (κ3) is 2.88. The minimum Gasteiger partial charge on any atom is -0.497 e. The Balaban J connectivity index is 1.82. The zero-order valence-electron chi connectivity index (χ0n) is 11.7. The zero-order valence-corrected chi connectivity index (χ0v) is 13.3. The quantitative estimate of drug-likeness (QED) is 0.785. The van der Waals surface area contributed by atoms with E-state index >= 15 is 0 Å². The van der Waals surface area contributed by atoms with Crippen LogP contribution in [0.1, 0.15) is 5.56 Å². The SMILES string of the molecule is COc1ccc(CCn2c(N)nc3cc(Br)ccc32)cc1. The summed E-state index contributed by atoms with van der Waals surface area (Å²) in [7, 11) is 1.67. The number of benzene rings is 2. The number of aromatic nitrogens is 2. The van der Waals surface area contributed by atoms with Gasteiger partial charge in [0.2, 0.25) is 5.95 Å². The lowest BCUT2D eigenvalue weighted by atomic mass is 10.1. The molecule has 0 amide bonds. The van der Waals surface area contributed by atoms with Crippen molar-refractivity contribution in [2.45, 2.75) is 13.0 Å². The van der Waals surface area contributed by atoms with E-state index in [4.69, 9.17) is 10.5 Å². The molecule has 0 aliphatic rings. The number of anilines is 1. The van der Waals surface area contributed by atoms with Crippen molar-refractivity contribution in [2.24, 2.45) is 0 Å². The van der Waals surface area contributed by atoms with Crippen molar-refractivity contribution in [3.8, 4) is 5.75 Å². The summed E-state index contributed by atoms with van der Waals surface area (Å²) in [4.78, 5) is 4.40. The van der Waals surface area contributed by atoms with Crippen molar-refractivity contribution in [1.29, 1.82) is 0 Å². The van der Waals surface area contributed by atoms with Gasteiger partial charge in [-0.2, -0.15) is 0 Å². The van der Waals surface area contributed by atoms with Crippen LogP contribution in [-0.2, 0) is 13.0 Å². The molecule has 0 unspecified atom stereocenters. The molecule has 0 saturated carbocycles. The average molecular weight is 346 g/mol. The fraction of sp³-hybridized carbons (Fsp3) is 0.188. The number of hydrogen-bond acceptors (Lipinski definition) is 3. The zero-order chi connectivity index (χ0) is 14.8. The Kier molecular flexibility index (Phi) is 3.84. The van der Waals surface area contributed by atoms with Gasteiger partial charge in [-0.15, -0.1) is 0 Å². The molecule has 108 valence electrons. The van der Waals surface area contributed by atoms with E-state index in [9.17, 15) is 0 Å². The first-order chi connectivity index (χ1) is 10.2. The third-order valence-corrected chi connectivity index (χ3v) is 4.02. The van der Waals surface area contributed by atoms with E-state index in [0.717, 1.165) is 34.2 Å². The molecule has 0 bridgehead atoms. The Morgan fingerprint density at radius 2 is 1.95 bits per heavy atom. The monoisotopic (exact) mass is 345 g/mol. The van der Waals surface area contributed by atoms with E-state index in [1.165, 1.54) is 5.56 Å². The number of halogens is 1. The van der Waals surface area contributed by atoms with Crippen LogP contribution in [-0.4, -0.2) is 16.7 Å². The first-order valence-corrected chi connectivity index (χ1v) is 7.51. The van der Waals surface area contributed by atoms with Gasteiger partial charge in [0.05, 0.1) is 18.1 Å². The number of nitrogen functional groups attached to an aromatic ring is 1. The number of methoxy groups -OCH3 is 1. The van der Waals surface area contributed by atoms with Crippen LogP contribution in [0.4, 0.5) is 5.95 Å². The lowest BCUT2D eigenvalue weighted by molar-refractivity contribution is 0.414. The summed E-state index contributed by atoms with van der Waals surface area (Å²) < 4.78 is 8.22. The number of aryl methyl sites for hydroxylation is 2. The van der Waals surface area contributed by atoms with Crippen molar-refractivity contribution in [1.82, 2.24) is 9.55 Å². The predicted octanol–water partition coefficient (Wildman–Crippen LogP) is 3.63. The van der Waals surface area contributed by atoms with E-state index < -0.39 is 0 Å². The molecule has 0 spiro atoms. The molecule has 0 atom stereocenters. The lowest BCUT2D eigenvalue weighted by Crippen LogP contribution is -2.05. The summed E-state index contributed by atoms with van der Waals surface area (Å²) in [5, 5.41) is 0. The smallest absolute Gasteiger partial charge is 0.201 e. The summed E-state index contributed by atoms with van der Waals surface area (Å²) in [6, 6.07) is 14.1. The van der Waals surface area contributed by atoms with Gasteiger partial charge in [-0.1, -0.05) is 28.1 Å². The Morgan fingerprint density at radius 1 is 1.19 bits per heavy atom. The van der Waals surface area contributed by atoms with E-state index in [1.54, 1.807) is 7.11 Å². The maximum Gasteiger partial charge on any atom is 0.201 e. The second kappa shape index (κ2) is 5.77. The number of imidazole rings is 1.